The van der Waals surface area contributed by atoms with E-state index < -0.39 is 6.10 Å². The summed E-state index contributed by atoms with van der Waals surface area (Å²) < 4.78 is 13.7. The highest BCUT2D eigenvalue weighted by Gasteiger charge is 2.15. The van der Waals surface area contributed by atoms with Crippen molar-refractivity contribution in [3.05, 3.63) is 63.9 Å². The second-order valence-electron chi connectivity index (χ2n) is 5.32. The third-order valence-corrected chi connectivity index (χ3v) is 3.75. The van der Waals surface area contributed by atoms with Gasteiger partial charge in [0.15, 0.2) is 0 Å². The van der Waals surface area contributed by atoms with E-state index in [0.29, 0.717) is 22.7 Å². The fourth-order valence-corrected chi connectivity index (χ4v) is 2.42. The molecule has 1 N–H and O–H groups in total. The number of hydrogen-bond donors (Lipinski definition) is 1. The summed E-state index contributed by atoms with van der Waals surface area (Å²) in [5.41, 5.74) is 3.09. The van der Waals surface area contributed by atoms with Gasteiger partial charge in [0.25, 0.3) is 0 Å². The van der Waals surface area contributed by atoms with Crippen molar-refractivity contribution in [1.82, 2.24) is 0 Å². The van der Waals surface area contributed by atoms with Crippen LogP contribution in [0.5, 0.6) is 0 Å². The summed E-state index contributed by atoms with van der Waals surface area (Å²) in [6.07, 6.45) is -0.720. The third-order valence-electron chi connectivity index (χ3n) is 3.50. The van der Waals surface area contributed by atoms with E-state index in [2.05, 4.69) is 0 Å². The Labute approximate surface area is 129 Å². The molecule has 0 saturated carbocycles. The fraction of sp³-hybridized carbons (Fsp3) is 0.294. The lowest BCUT2D eigenvalue weighted by molar-refractivity contribution is 0.199. The van der Waals surface area contributed by atoms with E-state index >= 15 is 0 Å². The molecule has 4 heteroatoms. The van der Waals surface area contributed by atoms with Gasteiger partial charge < -0.3 is 10.0 Å². The lowest BCUT2D eigenvalue weighted by Gasteiger charge is -2.24. The average molecular weight is 308 g/mol. The number of benzene rings is 2. The first-order valence-corrected chi connectivity index (χ1v) is 7.20. The molecule has 1 atom stereocenters. The van der Waals surface area contributed by atoms with Crippen molar-refractivity contribution in [3.8, 4) is 0 Å². The molecule has 0 amide bonds. The fourth-order valence-electron chi connectivity index (χ4n) is 2.30. The molecule has 0 aliphatic rings. The minimum Gasteiger partial charge on any atom is -0.389 e. The van der Waals surface area contributed by atoms with E-state index in [-0.39, 0.29) is 5.82 Å². The summed E-state index contributed by atoms with van der Waals surface area (Å²) in [6, 6.07) is 10.8. The molecule has 0 heterocycles. The Kier molecular flexibility index (Phi) is 4.86. The van der Waals surface area contributed by atoms with Crippen molar-refractivity contribution in [2.75, 3.05) is 11.9 Å². The Morgan fingerprint density at radius 1 is 1.24 bits per heavy atom. The Morgan fingerprint density at radius 2 is 1.86 bits per heavy atom. The zero-order chi connectivity index (χ0) is 15.6. The highest BCUT2D eigenvalue weighted by molar-refractivity contribution is 6.30. The van der Waals surface area contributed by atoms with Crippen LogP contribution in [0, 0.1) is 12.7 Å². The number of halogens is 2. The topological polar surface area (TPSA) is 23.5 Å². The normalized spacial score (nSPS) is 12.3. The van der Waals surface area contributed by atoms with Gasteiger partial charge >= 0.3 is 0 Å². The molecule has 2 aromatic carbocycles. The number of aryl methyl sites for hydroxylation is 1. The number of rotatable bonds is 4. The minimum absolute atomic E-state index is 0.297. The SMILES string of the molecule is Cc1cc(N(C)Cc2ccc(Cl)cc2)c(C(C)O)cc1F. The van der Waals surface area contributed by atoms with Crippen LogP contribution >= 0.6 is 11.6 Å². The predicted octanol–water partition coefficient (Wildman–Crippen LogP) is 4.48. The monoisotopic (exact) mass is 307 g/mol. The third kappa shape index (κ3) is 3.74. The molecule has 0 saturated heterocycles. The largest absolute Gasteiger partial charge is 0.389 e. The Balaban J connectivity index is 2.31. The zero-order valence-corrected chi connectivity index (χ0v) is 13.2. The van der Waals surface area contributed by atoms with Crippen molar-refractivity contribution in [2.24, 2.45) is 0 Å². The molecule has 0 aliphatic carbocycles. The Bertz CT molecular complexity index is 625. The minimum atomic E-state index is -0.720. The van der Waals surface area contributed by atoms with E-state index in [1.807, 2.05) is 36.2 Å². The second-order valence-corrected chi connectivity index (χ2v) is 5.76. The molecule has 21 heavy (non-hydrogen) atoms. The van der Waals surface area contributed by atoms with Crippen molar-refractivity contribution < 1.29 is 9.50 Å². The van der Waals surface area contributed by atoms with E-state index in [1.165, 1.54) is 6.07 Å². The summed E-state index contributed by atoms with van der Waals surface area (Å²) in [7, 11) is 1.92. The molecule has 2 rings (SSSR count). The summed E-state index contributed by atoms with van der Waals surface area (Å²) in [6.45, 7) is 4.02. The molecule has 0 bridgehead atoms. The van der Waals surface area contributed by atoms with Crippen molar-refractivity contribution >= 4 is 17.3 Å². The number of nitrogens with zero attached hydrogens (tertiary/aromatic N) is 1. The zero-order valence-electron chi connectivity index (χ0n) is 12.4. The van der Waals surface area contributed by atoms with Gasteiger partial charge in [-0.05, 0) is 49.2 Å². The van der Waals surface area contributed by atoms with Crippen molar-refractivity contribution in [2.45, 2.75) is 26.5 Å². The second kappa shape index (κ2) is 6.46. The van der Waals surface area contributed by atoms with Crippen LogP contribution in [0.2, 0.25) is 5.02 Å². The lowest BCUT2D eigenvalue weighted by atomic mass is 10.0. The van der Waals surface area contributed by atoms with Crippen LogP contribution in [0.4, 0.5) is 10.1 Å². The standard InChI is InChI=1S/C17H19ClFNO/c1-11-8-17(15(12(2)21)9-16(11)19)20(3)10-13-4-6-14(18)7-5-13/h4-9,12,21H,10H2,1-3H3. The van der Waals surface area contributed by atoms with Gasteiger partial charge in [0.1, 0.15) is 5.82 Å². The van der Waals surface area contributed by atoms with Crippen LogP contribution in [-0.2, 0) is 6.54 Å². The van der Waals surface area contributed by atoms with E-state index in [1.54, 1.807) is 19.9 Å². The molecular weight excluding hydrogens is 289 g/mol. The van der Waals surface area contributed by atoms with Gasteiger partial charge in [0.05, 0.1) is 6.10 Å². The van der Waals surface area contributed by atoms with E-state index in [9.17, 15) is 9.50 Å². The number of aliphatic hydroxyl groups is 1. The van der Waals surface area contributed by atoms with Gasteiger partial charge in [0.2, 0.25) is 0 Å². The lowest BCUT2D eigenvalue weighted by Crippen LogP contribution is -2.19. The van der Waals surface area contributed by atoms with Gasteiger partial charge in [-0.15, -0.1) is 0 Å². The molecule has 0 aromatic heterocycles. The first-order chi connectivity index (χ1) is 9.88. The molecule has 1 unspecified atom stereocenters. The molecule has 0 fully saturated rings. The van der Waals surface area contributed by atoms with Crippen LogP contribution in [0.1, 0.15) is 29.7 Å². The molecule has 0 spiro atoms. The summed E-state index contributed by atoms with van der Waals surface area (Å²) in [5.74, 6) is -0.297. The van der Waals surface area contributed by atoms with Crippen LogP contribution in [-0.4, -0.2) is 12.2 Å². The number of anilines is 1. The number of aliphatic hydroxyl groups excluding tert-OH is 1. The Morgan fingerprint density at radius 3 is 2.43 bits per heavy atom. The van der Waals surface area contributed by atoms with E-state index in [0.717, 1.165) is 11.3 Å². The van der Waals surface area contributed by atoms with Crippen molar-refractivity contribution in [3.63, 3.8) is 0 Å². The number of hydrogen-bond acceptors (Lipinski definition) is 2. The van der Waals surface area contributed by atoms with Gasteiger partial charge in [0, 0.05) is 29.9 Å². The summed E-state index contributed by atoms with van der Waals surface area (Å²) in [4.78, 5) is 2.00. The van der Waals surface area contributed by atoms with Gasteiger partial charge in [-0.2, -0.15) is 0 Å². The summed E-state index contributed by atoms with van der Waals surface area (Å²) >= 11 is 5.88. The first-order valence-electron chi connectivity index (χ1n) is 6.82. The smallest absolute Gasteiger partial charge is 0.126 e. The van der Waals surface area contributed by atoms with Crippen LogP contribution in [0.3, 0.4) is 0 Å². The van der Waals surface area contributed by atoms with Gasteiger partial charge in [-0.1, -0.05) is 23.7 Å². The molecule has 112 valence electrons. The van der Waals surface area contributed by atoms with Gasteiger partial charge in [-0.25, -0.2) is 4.39 Å². The summed E-state index contributed by atoms with van der Waals surface area (Å²) in [5, 5.41) is 10.6. The highest BCUT2D eigenvalue weighted by atomic mass is 35.5. The molecule has 0 aliphatic heterocycles. The molecule has 2 aromatic rings. The quantitative estimate of drug-likeness (QED) is 0.900. The van der Waals surface area contributed by atoms with E-state index in [4.69, 9.17) is 11.6 Å². The van der Waals surface area contributed by atoms with Gasteiger partial charge in [-0.3, -0.25) is 0 Å². The molecule has 0 radical (unpaired) electrons. The van der Waals surface area contributed by atoms with Crippen molar-refractivity contribution in [1.29, 1.82) is 0 Å². The predicted molar refractivity (Wildman–Crippen MR) is 85.3 cm³/mol. The Hall–Kier alpha value is -1.58. The average Bonchev–Trinajstić information content (AvgIpc) is 2.43. The maximum absolute atomic E-state index is 13.7. The van der Waals surface area contributed by atoms with Crippen LogP contribution in [0.15, 0.2) is 36.4 Å². The molecule has 2 nitrogen and oxygen atoms in total. The maximum Gasteiger partial charge on any atom is 0.126 e. The molecular formula is C17H19ClFNO. The maximum atomic E-state index is 13.7. The highest BCUT2D eigenvalue weighted by Crippen LogP contribution is 2.29. The van der Waals surface area contributed by atoms with Crippen LogP contribution < -0.4 is 4.90 Å². The van der Waals surface area contributed by atoms with Crippen LogP contribution in [0.25, 0.3) is 0 Å². The first kappa shape index (κ1) is 15.8.